The van der Waals surface area contributed by atoms with E-state index in [1.54, 1.807) is 0 Å². The Morgan fingerprint density at radius 3 is 2.33 bits per heavy atom. The van der Waals surface area contributed by atoms with Crippen molar-refractivity contribution in [3.63, 3.8) is 0 Å². The van der Waals surface area contributed by atoms with Crippen molar-refractivity contribution < 1.29 is 0 Å². The molecule has 1 aliphatic rings. The Labute approximate surface area is 59.3 Å². The predicted octanol–water partition coefficient (Wildman–Crippen LogP) is 2.74. The lowest BCUT2D eigenvalue weighted by atomic mass is 9.50. The van der Waals surface area contributed by atoms with Gasteiger partial charge in [0.2, 0.25) is 0 Å². The zero-order valence-electron chi connectivity index (χ0n) is 6.78. The molecule has 0 heterocycles. The van der Waals surface area contributed by atoms with Gasteiger partial charge >= 0.3 is 0 Å². The molecular formula is C8H16B. The average Bonchev–Trinajstić information content (AvgIpc) is 2.41. The molecule has 0 nitrogen and oxygen atoms in total. The molecule has 0 N–H and O–H groups in total. The highest BCUT2D eigenvalue weighted by Gasteiger charge is 2.36. The predicted molar refractivity (Wildman–Crippen MR) is 43.0 cm³/mol. The molecule has 1 fully saturated rings. The Balaban J connectivity index is 2.30. The van der Waals surface area contributed by atoms with Crippen LogP contribution in [0.1, 0.15) is 33.6 Å². The minimum atomic E-state index is 0.536. The highest BCUT2D eigenvalue weighted by Crippen LogP contribution is 2.49. The summed E-state index contributed by atoms with van der Waals surface area (Å²) in [6.45, 7) is 6.94. The van der Waals surface area contributed by atoms with E-state index < -0.39 is 0 Å². The van der Waals surface area contributed by atoms with E-state index in [2.05, 4.69) is 28.1 Å². The normalized spacial score (nSPS) is 19.9. The van der Waals surface area contributed by atoms with Crippen LogP contribution in [0.25, 0.3) is 0 Å². The van der Waals surface area contributed by atoms with Crippen LogP contribution in [0.4, 0.5) is 0 Å². The zero-order valence-corrected chi connectivity index (χ0v) is 6.78. The van der Waals surface area contributed by atoms with Gasteiger partial charge in [0.15, 0.2) is 0 Å². The lowest BCUT2D eigenvalue weighted by Crippen LogP contribution is -2.13. The van der Waals surface area contributed by atoms with E-state index in [0.717, 1.165) is 5.92 Å². The fraction of sp³-hybridized carbons (Fsp3) is 1.00. The van der Waals surface area contributed by atoms with Crippen molar-refractivity contribution in [3.8, 4) is 0 Å². The van der Waals surface area contributed by atoms with Gasteiger partial charge in [-0.2, -0.15) is 0 Å². The molecule has 0 saturated heterocycles. The topological polar surface area (TPSA) is 0 Å². The van der Waals surface area contributed by atoms with Crippen LogP contribution in [0, 0.1) is 5.92 Å². The van der Waals surface area contributed by atoms with E-state index in [1.165, 1.54) is 19.2 Å². The van der Waals surface area contributed by atoms with Gasteiger partial charge in [0.25, 0.3) is 0 Å². The zero-order chi connectivity index (χ0) is 6.91. The molecule has 1 radical (unpaired) electrons. The minimum Gasteiger partial charge on any atom is -0.0824 e. The summed E-state index contributed by atoms with van der Waals surface area (Å²) in [7, 11) is 2.45. The van der Waals surface area contributed by atoms with E-state index in [0.29, 0.717) is 5.31 Å². The Kier molecular flexibility index (Phi) is 1.88. The monoisotopic (exact) mass is 123 g/mol. The van der Waals surface area contributed by atoms with Crippen molar-refractivity contribution in [1.29, 1.82) is 0 Å². The number of hydrogen-bond donors (Lipinski definition) is 0. The van der Waals surface area contributed by atoms with Crippen molar-refractivity contribution in [2.45, 2.75) is 45.2 Å². The molecule has 0 aromatic rings. The van der Waals surface area contributed by atoms with Gasteiger partial charge in [0, 0.05) is 0 Å². The van der Waals surface area contributed by atoms with Gasteiger partial charge < -0.3 is 0 Å². The van der Waals surface area contributed by atoms with Crippen LogP contribution < -0.4 is 0 Å². The first-order valence-electron chi connectivity index (χ1n) is 4.01. The third-order valence-electron chi connectivity index (χ3n) is 2.36. The molecule has 0 atom stereocenters. The van der Waals surface area contributed by atoms with E-state index >= 15 is 0 Å². The molecule has 51 valence electrons. The van der Waals surface area contributed by atoms with Gasteiger partial charge in [-0.25, -0.2) is 0 Å². The summed E-state index contributed by atoms with van der Waals surface area (Å²) in [5.74, 6) is 1.01. The van der Waals surface area contributed by atoms with Crippen molar-refractivity contribution in [1.82, 2.24) is 0 Å². The molecule has 0 amide bonds. The van der Waals surface area contributed by atoms with E-state index in [1.807, 2.05) is 0 Å². The molecule has 0 aliphatic heterocycles. The van der Waals surface area contributed by atoms with Crippen LogP contribution >= 0.6 is 0 Å². The van der Waals surface area contributed by atoms with Crippen molar-refractivity contribution in [2.75, 3.05) is 0 Å². The van der Waals surface area contributed by atoms with Crippen LogP contribution in [0.5, 0.6) is 0 Å². The first-order valence-corrected chi connectivity index (χ1v) is 4.01. The van der Waals surface area contributed by atoms with Gasteiger partial charge in [-0.1, -0.05) is 45.2 Å². The molecule has 0 unspecified atom stereocenters. The Bertz CT molecular complexity index is 92.7. The molecule has 1 saturated carbocycles. The van der Waals surface area contributed by atoms with E-state index in [9.17, 15) is 0 Å². The van der Waals surface area contributed by atoms with Gasteiger partial charge in [-0.3, -0.25) is 0 Å². The maximum atomic E-state index is 2.45. The lowest BCUT2D eigenvalue weighted by molar-refractivity contribution is 0.580. The summed E-state index contributed by atoms with van der Waals surface area (Å²) >= 11 is 0. The Morgan fingerprint density at radius 1 is 1.44 bits per heavy atom. The quantitative estimate of drug-likeness (QED) is 0.506. The van der Waals surface area contributed by atoms with Gasteiger partial charge in [-0.05, 0) is 5.92 Å². The summed E-state index contributed by atoms with van der Waals surface area (Å²) in [6.07, 6.45) is 4.15. The van der Waals surface area contributed by atoms with Crippen LogP contribution in [-0.4, -0.2) is 7.28 Å². The third-order valence-corrected chi connectivity index (χ3v) is 2.36. The molecular weight excluding hydrogens is 107 g/mol. The standard InChI is InChI=1S/C8H16B/c1-4-9-8(2,3)7-5-6-7/h7H,4-6H2,1-3H3. The SMILES string of the molecule is CC[B]C(C)(C)C1CC1. The van der Waals surface area contributed by atoms with Crippen LogP contribution in [0.2, 0.25) is 11.6 Å². The van der Waals surface area contributed by atoms with Crippen molar-refractivity contribution in [2.24, 2.45) is 5.92 Å². The minimum absolute atomic E-state index is 0.536. The first-order chi connectivity index (χ1) is 4.17. The average molecular weight is 123 g/mol. The molecule has 9 heavy (non-hydrogen) atoms. The molecule has 1 heteroatoms. The smallest absolute Gasteiger partial charge is 0.0824 e. The Morgan fingerprint density at radius 2 is 2.00 bits per heavy atom. The second kappa shape index (κ2) is 2.36. The maximum Gasteiger partial charge on any atom is 0.117 e. The van der Waals surface area contributed by atoms with E-state index in [4.69, 9.17) is 0 Å². The maximum absolute atomic E-state index is 2.45. The van der Waals surface area contributed by atoms with Gasteiger partial charge in [0.1, 0.15) is 7.28 Å². The third kappa shape index (κ3) is 1.74. The summed E-state index contributed by atoms with van der Waals surface area (Å²) < 4.78 is 0. The number of rotatable bonds is 3. The summed E-state index contributed by atoms with van der Waals surface area (Å²) in [4.78, 5) is 0. The molecule has 0 spiro atoms. The van der Waals surface area contributed by atoms with Gasteiger partial charge in [-0.15, -0.1) is 0 Å². The molecule has 1 rings (SSSR count). The van der Waals surface area contributed by atoms with Crippen molar-refractivity contribution in [3.05, 3.63) is 0 Å². The molecule has 0 bridgehead atoms. The summed E-state index contributed by atoms with van der Waals surface area (Å²) in [5, 5.41) is 0.536. The summed E-state index contributed by atoms with van der Waals surface area (Å²) in [5.41, 5.74) is 0. The van der Waals surface area contributed by atoms with Crippen LogP contribution in [-0.2, 0) is 0 Å². The second-order valence-corrected chi connectivity index (χ2v) is 3.71. The van der Waals surface area contributed by atoms with Gasteiger partial charge in [0.05, 0.1) is 0 Å². The fourth-order valence-corrected chi connectivity index (χ4v) is 1.52. The van der Waals surface area contributed by atoms with E-state index in [-0.39, 0.29) is 0 Å². The first kappa shape index (κ1) is 7.18. The highest BCUT2D eigenvalue weighted by molar-refractivity contribution is 6.39. The molecule has 1 aliphatic carbocycles. The number of hydrogen-bond acceptors (Lipinski definition) is 0. The largest absolute Gasteiger partial charge is 0.117 e. The summed E-state index contributed by atoms with van der Waals surface area (Å²) in [6, 6.07) is 0. The highest BCUT2D eigenvalue weighted by atomic mass is 14.4. The van der Waals surface area contributed by atoms with Crippen molar-refractivity contribution >= 4 is 7.28 Å². The fourth-order valence-electron chi connectivity index (χ4n) is 1.52. The molecule has 0 aromatic heterocycles. The Hall–Kier alpha value is 0.0649. The van der Waals surface area contributed by atoms with Crippen LogP contribution in [0.3, 0.4) is 0 Å². The second-order valence-electron chi connectivity index (χ2n) is 3.71. The lowest BCUT2D eigenvalue weighted by Gasteiger charge is -2.22. The molecule has 0 aromatic carbocycles. The van der Waals surface area contributed by atoms with Crippen LogP contribution in [0.15, 0.2) is 0 Å².